The van der Waals surface area contributed by atoms with Gasteiger partial charge in [-0.25, -0.2) is 8.42 Å². The van der Waals surface area contributed by atoms with Crippen molar-refractivity contribution in [1.82, 2.24) is 4.31 Å². The molecular formula is C14H22N2O2S. The summed E-state index contributed by atoms with van der Waals surface area (Å²) in [7, 11) is -1.51. The summed E-state index contributed by atoms with van der Waals surface area (Å²) in [5.74, 6) is 0. The molecule has 0 spiro atoms. The monoisotopic (exact) mass is 282 g/mol. The fourth-order valence-corrected chi connectivity index (χ4v) is 3.83. The minimum atomic E-state index is -3.33. The third-order valence-corrected chi connectivity index (χ3v) is 5.40. The lowest BCUT2D eigenvalue weighted by Crippen LogP contribution is -2.34. The Morgan fingerprint density at radius 1 is 1.26 bits per heavy atom. The highest BCUT2D eigenvalue weighted by Gasteiger charge is 2.37. The number of nitrogens with one attached hydrogen (secondary N) is 1. The predicted octanol–water partition coefficient (Wildman–Crippen LogP) is 2.68. The molecule has 5 heteroatoms. The van der Waals surface area contributed by atoms with Gasteiger partial charge >= 0.3 is 0 Å². The molecule has 0 aliphatic heterocycles. The highest BCUT2D eigenvalue weighted by Crippen LogP contribution is 2.32. The maximum Gasteiger partial charge on any atom is 0.243 e. The van der Waals surface area contributed by atoms with Crippen molar-refractivity contribution in [3.63, 3.8) is 0 Å². The lowest BCUT2D eigenvalue weighted by molar-refractivity contribution is 0.396. The van der Waals surface area contributed by atoms with Gasteiger partial charge in [0, 0.05) is 25.3 Å². The molecule has 0 amide bonds. The van der Waals surface area contributed by atoms with Crippen LogP contribution in [0.25, 0.3) is 0 Å². The minimum absolute atomic E-state index is 0.223. The molecular weight excluding hydrogens is 260 g/mol. The highest BCUT2D eigenvalue weighted by atomic mass is 32.2. The van der Waals surface area contributed by atoms with E-state index in [-0.39, 0.29) is 6.04 Å². The van der Waals surface area contributed by atoms with Crippen molar-refractivity contribution < 1.29 is 8.42 Å². The van der Waals surface area contributed by atoms with Crippen LogP contribution in [-0.2, 0) is 10.0 Å². The average molecular weight is 282 g/mol. The van der Waals surface area contributed by atoms with E-state index in [2.05, 4.69) is 12.2 Å². The molecule has 0 unspecified atom stereocenters. The van der Waals surface area contributed by atoms with E-state index in [1.54, 1.807) is 28.6 Å². The SMILES string of the molecule is CCCCN(C1CC1)S(=O)(=O)c1ccc(NC)cc1. The number of rotatable bonds is 7. The van der Waals surface area contributed by atoms with Gasteiger partial charge < -0.3 is 5.32 Å². The van der Waals surface area contributed by atoms with Crippen LogP contribution in [-0.4, -0.2) is 32.4 Å². The van der Waals surface area contributed by atoms with E-state index in [1.807, 2.05) is 7.05 Å². The van der Waals surface area contributed by atoms with E-state index in [0.29, 0.717) is 11.4 Å². The number of benzene rings is 1. The van der Waals surface area contributed by atoms with Crippen molar-refractivity contribution in [1.29, 1.82) is 0 Å². The van der Waals surface area contributed by atoms with Crippen molar-refractivity contribution in [2.45, 2.75) is 43.5 Å². The number of hydrogen-bond acceptors (Lipinski definition) is 3. The molecule has 1 fully saturated rings. The van der Waals surface area contributed by atoms with Crippen LogP contribution >= 0.6 is 0 Å². The summed E-state index contributed by atoms with van der Waals surface area (Å²) in [5, 5.41) is 3.00. The average Bonchev–Trinajstić information content (AvgIpc) is 3.23. The zero-order valence-corrected chi connectivity index (χ0v) is 12.4. The first-order valence-electron chi connectivity index (χ1n) is 6.89. The van der Waals surface area contributed by atoms with E-state index in [1.165, 1.54) is 0 Å². The summed E-state index contributed by atoms with van der Waals surface area (Å²) < 4.78 is 26.9. The maximum atomic E-state index is 12.6. The largest absolute Gasteiger partial charge is 0.388 e. The van der Waals surface area contributed by atoms with Crippen LogP contribution in [0.1, 0.15) is 32.6 Å². The Morgan fingerprint density at radius 2 is 1.89 bits per heavy atom. The molecule has 1 aliphatic rings. The molecule has 0 atom stereocenters. The van der Waals surface area contributed by atoms with Crippen LogP contribution in [0.2, 0.25) is 0 Å². The van der Waals surface area contributed by atoms with Gasteiger partial charge in [-0.15, -0.1) is 0 Å². The number of nitrogens with zero attached hydrogens (tertiary/aromatic N) is 1. The summed E-state index contributed by atoms with van der Waals surface area (Å²) in [4.78, 5) is 0.398. The molecule has 19 heavy (non-hydrogen) atoms. The Kier molecular flexibility index (Phi) is 4.47. The van der Waals surface area contributed by atoms with Crippen molar-refractivity contribution in [3.8, 4) is 0 Å². The smallest absolute Gasteiger partial charge is 0.243 e. The van der Waals surface area contributed by atoms with Crippen molar-refractivity contribution in [2.75, 3.05) is 18.9 Å². The Labute approximate surface area is 115 Å². The minimum Gasteiger partial charge on any atom is -0.388 e. The van der Waals surface area contributed by atoms with Crippen LogP contribution in [0, 0.1) is 0 Å². The number of sulfonamides is 1. The van der Waals surface area contributed by atoms with Gasteiger partial charge in [-0.1, -0.05) is 13.3 Å². The predicted molar refractivity (Wildman–Crippen MR) is 77.8 cm³/mol. The normalized spacial score (nSPS) is 15.7. The van der Waals surface area contributed by atoms with E-state index >= 15 is 0 Å². The highest BCUT2D eigenvalue weighted by molar-refractivity contribution is 7.89. The van der Waals surface area contributed by atoms with Crippen LogP contribution < -0.4 is 5.32 Å². The molecule has 0 aromatic heterocycles. The van der Waals surface area contributed by atoms with Crippen molar-refractivity contribution in [3.05, 3.63) is 24.3 Å². The number of unbranched alkanes of at least 4 members (excludes halogenated alkanes) is 1. The van der Waals surface area contributed by atoms with Gasteiger partial charge in [-0.3, -0.25) is 0 Å². The molecule has 1 aromatic carbocycles. The van der Waals surface area contributed by atoms with Gasteiger partial charge in [0.25, 0.3) is 0 Å². The molecule has 0 radical (unpaired) electrons. The van der Waals surface area contributed by atoms with E-state index in [4.69, 9.17) is 0 Å². The molecule has 1 aromatic rings. The molecule has 1 N–H and O–H groups in total. The first-order valence-corrected chi connectivity index (χ1v) is 8.33. The third-order valence-electron chi connectivity index (χ3n) is 3.44. The third kappa shape index (κ3) is 3.28. The molecule has 0 saturated heterocycles. The van der Waals surface area contributed by atoms with Crippen LogP contribution in [0.3, 0.4) is 0 Å². The molecule has 4 nitrogen and oxygen atoms in total. The van der Waals surface area contributed by atoms with Gasteiger partial charge in [-0.2, -0.15) is 4.31 Å². The second-order valence-electron chi connectivity index (χ2n) is 4.97. The summed E-state index contributed by atoms with van der Waals surface area (Å²) in [5.41, 5.74) is 0.922. The van der Waals surface area contributed by atoms with Gasteiger partial charge in [0.15, 0.2) is 0 Å². The van der Waals surface area contributed by atoms with Crippen LogP contribution in [0.15, 0.2) is 29.2 Å². The van der Waals surface area contributed by atoms with Crippen LogP contribution in [0.4, 0.5) is 5.69 Å². The quantitative estimate of drug-likeness (QED) is 0.836. The summed E-state index contributed by atoms with van der Waals surface area (Å²) >= 11 is 0. The standard InChI is InChI=1S/C14H22N2O2S/c1-3-4-11-16(13-7-8-13)19(17,18)14-9-5-12(15-2)6-10-14/h5-6,9-10,13,15H,3-4,7-8,11H2,1-2H3. The summed E-state index contributed by atoms with van der Waals surface area (Å²) in [6.45, 7) is 2.72. The molecule has 1 saturated carbocycles. The maximum absolute atomic E-state index is 12.6. The van der Waals surface area contributed by atoms with Gasteiger partial charge in [0.2, 0.25) is 10.0 Å². The second-order valence-corrected chi connectivity index (χ2v) is 6.87. The number of hydrogen-bond donors (Lipinski definition) is 1. The first kappa shape index (κ1) is 14.3. The molecule has 0 heterocycles. The lowest BCUT2D eigenvalue weighted by atomic mass is 10.3. The lowest BCUT2D eigenvalue weighted by Gasteiger charge is -2.21. The van der Waals surface area contributed by atoms with E-state index in [9.17, 15) is 8.42 Å². The summed E-state index contributed by atoms with van der Waals surface area (Å²) in [6, 6.07) is 7.20. The first-order chi connectivity index (χ1) is 9.09. The van der Waals surface area contributed by atoms with Gasteiger partial charge in [-0.05, 0) is 43.5 Å². The Hall–Kier alpha value is -1.07. The fraction of sp³-hybridized carbons (Fsp3) is 0.571. The zero-order valence-electron chi connectivity index (χ0n) is 11.6. The summed E-state index contributed by atoms with van der Waals surface area (Å²) in [6.07, 6.45) is 3.93. The molecule has 106 valence electrons. The Balaban J connectivity index is 2.22. The van der Waals surface area contributed by atoms with E-state index in [0.717, 1.165) is 31.4 Å². The molecule has 1 aliphatic carbocycles. The number of anilines is 1. The Bertz CT molecular complexity index is 507. The molecule has 0 bridgehead atoms. The topological polar surface area (TPSA) is 49.4 Å². The van der Waals surface area contributed by atoms with Crippen LogP contribution in [0.5, 0.6) is 0 Å². The second kappa shape index (κ2) is 5.92. The fourth-order valence-electron chi connectivity index (χ4n) is 2.10. The molecule has 2 rings (SSSR count). The Morgan fingerprint density at radius 3 is 2.37 bits per heavy atom. The van der Waals surface area contributed by atoms with Gasteiger partial charge in [0.1, 0.15) is 0 Å². The van der Waals surface area contributed by atoms with Crippen molar-refractivity contribution in [2.24, 2.45) is 0 Å². The van der Waals surface area contributed by atoms with E-state index < -0.39 is 10.0 Å². The van der Waals surface area contributed by atoms with Gasteiger partial charge in [0.05, 0.1) is 4.90 Å². The van der Waals surface area contributed by atoms with Crippen molar-refractivity contribution >= 4 is 15.7 Å². The zero-order chi connectivity index (χ0) is 13.9.